The number of amides is 1. The van der Waals surface area contributed by atoms with Gasteiger partial charge in [0.25, 0.3) is 5.91 Å². The van der Waals surface area contributed by atoms with Crippen molar-refractivity contribution in [2.24, 2.45) is 5.10 Å². The number of carboxylic acid groups (broad SMARTS) is 1. The third-order valence-corrected chi connectivity index (χ3v) is 5.71. The lowest BCUT2D eigenvalue weighted by Crippen LogP contribution is -2.20. The first kappa shape index (κ1) is 22.9. The van der Waals surface area contributed by atoms with Gasteiger partial charge in [0.2, 0.25) is 0 Å². The molecule has 9 nitrogen and oxygen atoms in total. The van der Waals surface area contributed by atoms with Gasteiger partial charge in [-0.2, -0.15) is 5.10 Å². The molecule has 2 heterocycles. The summed E-state index contributed by atoms with van der Waals surface area (Å²) in [7, 11) is 0. The fourth-order valence-corrected chi connectivity index (χ4v) is 3.86. The number of nitrogens with one attached hydrogen (secondary N) is 1. The maximum absolute atomic E-state index is 12.4. The molecule has 0 aliphatic carbocycles. The summed E-state index contributed by atoms with van der Waals surface area (Å²) in [5, 5.41) is 22.3. The number of carbonyl (C=O) groups excluding carboxylic acids is 1. The number of benzene rings is 2. The first-order valence-corrected chi connectivity index (χ1v) is 11.2. The van der Waals surface area contributed by atoms with Crippen molar-refractivity contribution in [3.05, 3.63) is 89.7 Å². The summed E-state index contributed by atoms with van der Waals surface area (Å²) in [5.41, 5.74) is 5.76. The number of carbonyl (C=O) groups is 2. The van der Waals surface area contributed by atoms with Crippen molar-refractivity contribution in [2.45, 2.75) is 12.1 Å². The van der Waals surface area contributed by atoms with Crippen LogP contribution in [0.5, 0.6) is 0 Å². The standard InChI is InChI=1S/C24H20N6O3S/c1-16-6-8-19(9-7-16)30-22(17-10-12-25-13-11-17)28-29-24(30)34-15-21(31)27-26-14-18-4-2-3-5-20(18)23(32)33/h2-14H,15H2,1H3,(H,27,31)(H,32,33)/b26-14+. The van der Waals surface area contributed by atoms with E-state index >= 15 is 0 Å². The molecule has 4 rings (SSSR count). The van der Waals surface area contributed by atoms with Crippen LogP contribution in [0.25, 0.3) is 17.1 Å². The topological polar surface area (TPSA) is 122 Å². The highest BCUT2D eigenvalue weighted by Gasteiger charge is 2.17. The highest BCUT2D eigenvalue weighted by atomic mass is 32.2. The molecule has 1 amide bonds. The first-order chi connectivity index (χ1) is 16.5. The molecule has 2 aromatic heterocycles. The fraction of sp³-hybridized carbons (Fsp3) is 0.0833. The molecule has 10 heteroatoms. The van der Waals surface area contributed by atoms with E-state index in [0.717, 1.165) is 16.8 Å². The van der Waals surface area contributed by atoms with Crippen LogP contribution in [0.15, 0.2) is 83.3 Å². The number of rotatable bonds is 8. The van der Waals surface area contributed by atoms with E-state index in [1.165, 1.54) is 24.0 Å². The minimum atomic E-state index is -1.07. The third-order valence-electron chi connectivity index (χ3n) is 4.78. The number of carboxylic acids is 1. The number of hydrazone groups is 1. The van der Waals surface area contributed by atoms with Gasteiger partial charge in [-0.15, -0.1) is 10.2 Å². The quantitative estimate of drug-likeness (QED) is 0.228. The van der Waals surface area contributed by atoms with Crippen LogP contribution in [-0.4, -0.2) is 48.7 Å². The summed E-state index contributed by atoms with van der Waals surface area (Å²) in [6, 6.07) is 18.0. The summed E-state index contributed by atoms with van der Waals surface area (Å²) in [6.45, 7) is 2.01. The molecule has 170 valence electrons. The first-order valence-electron chi connectivity index (χ1n) is 10.2. The van der Waals surface area contributed by atoms with Crippen LogP contribution in [0.4, 0.5) is 0 Å². The molecule has 0 fully saturated rings. The summed E-state index contributed by atoms with van der Waals surface area (Å²) in [6.07, 6.45) is 4.68. The number of hydrogen-bond donors (Lipinski definition) is 2. The second kappa shape index (κ2) is 10.5. The van der Waals surface area contributed by atoms with Crippen LogP contribution in [0.1, 0.15) is 21.5 Å². The zero-order chi connectivity index (χ0) is 23.9. The van der Waals surface area contributed by atoms with Crippen molar-refractivity contribution in [3.8, 4) is 17.1 Å². The lowest BCUT2D eigenvalue weighted by Gasteiger charge is -2.10. The SMILES string of the molecule is Cc1ccc(-n2c(SCC(=O)N/N=C/c3ccccc3C(=O)O)nnc2-c2ccncc2)cc1. The van der Waals surface area contributed by atoms with Crippen molar-refractivity contribution in [1.29, 1.82) is 0 Å². The van der Waals surface area contributed by atoms with Gasteiger partial charge in [-0.1, -0.05) is 47.7 Å². The van der Waals surface area contributed by atoms with Gasteiger partial charge in [0.1, 0.15) is 0 Å². The molecule has 4 aromatic rings. The van der Waals surface area contributed by atoms with Crippen molar-refractivity contribution in [3.63, 3.8) is 0 Å². The van der Waals surface area contributed by atoms with Crippen LogP contribution in [-0.2, 0) is 4.79 Å². The number of pyridine rings is 1. The number of hydrogen-bond acceptors (Lipinski definition) is 7. The molecule has 0 aliphatic rings. The molecule has 2 aromatic carbocycles. The van der Waals surface area contributed by atoms with Gasteiger partial charge in [0, 0.05) is 29.2 Å². The minimum Gasteiger partial charge on any atom is -0.478 e. The molecule has 0 spiro atoms. The molecule has 0 bridgehead atoms. The normalized spacial score (nSPS) is 11.0. The maximum Gasteiger partial charge on any atom is 0.336 e. The summed E-state index contributed by atoms with van der Waals surface area (Å²) in [5.74, 6) is -0.752. The molecule has 0 radical (unpaired) electrons. The Kier molecular flexibility index (Phi) is 7.09. The van der Waals surface area contributed by atoms with E-state index in [2.05, 4.69) is 25.7 Å². The van der Waals surface area contributed by atoms with Gasteiger partial charge in [-0.25, -0.2) is 10.2 Å². The van der Waals surface area contributed by atoms with Crippen molar-refractivity contribution in [1.82, 2.24) is 25.2 Å². The minimum absolute atomic E-state index is 0.0399. The predicted octanol–water partition coefficient (Wildman–Crippen LogP) is 3.58. The zero-order valence-corrected chi connectivity index (χ0v) is 18.9. The van der Waals surface area contributed by atoms with Gasteiger partial charge in [-0.05, 0) is 37.3 Å². The second-order valence-electron chi connectivity index (χ2n) is 7.19. The smallest absolute Gasteiger partial charge is 0.336 e. The second-order valence-corrected chi connectivity index (χ2v) is 8.13. The number of aromatic nitrogens is 4. The van der Waals surface area contributed by atoms with Crippen molar-refractivity contribution >= 4 is 29.9 Å². The van der Waals surface area contributed by atoms with E-state index < -0.39 is 5.97 Å². The lowest BCUT2D eigenvalue weighted by atomic mass is 10.1. The number of aryl methyl sites for hydroxylation is 1. The third kappa shape index (κ3) is 5.36. The van der Waals surface area contributed by atoms with Gasteiger partial charge in [0.15, 0.2) is 11.0 Å². The molecular formula is C24H20N6O3S. The molecule has 0 aliphatic heterocycles. The highest BCUT2D eigenvalue weighted by Crippen LogP contribution is 2.27. The number of thioether (sulfide) groups is 1. The van der Waals surface area contributed by atoms with E-state index in [0.29, 0.717) is 16.5 Å². The number of nitrogens with zero attached hydrogens (tertiary/aromatic N) is 5. The van der Waals surface area contributed by atoms with Crippen molar-refractivity contribution in [2.75, 3.05) is 5.75 Å². The van der Waals surface area contributed by atoms with E-state index in [4.69, 9.17) is 0 Å². The summed E-state index contributed by atoms with van der Waals surface area (Å²) in [4.78, 5) is 27.7. The predicted molar refractivity (Wildman–Crippen MR) is 129 cm³/mol. The summed E-state index contributed by atoms with van der Waals surface area (Å²) >= 11 is 1.22. The van der Waals surface area contributed by atoms with Gasteiger partial charge in [0.05, 0.1) is 17.5 Å². The Balaban J connectivity index is 1.50. The van der Waals surface area contributed by atoms with Gasteiger partial charge in [-0.3, -0.25) is 14.3 Å². The van der Waals surface area contributed by atoms with Crippen molar-refractivity contribution < 1.29 is 14.7 Å². The monoisotopic (exact) mass is 472 g/mol. The van der Waals surface area contributed by atoms with E-state index in [9.17, 15) is 14.7 Å². The molecule has 0 unspecified atom stereocenters. The Hall–Kier alpha value is -4.31. The Labute approximate surface area is 199 Å². The molecule has 0 saturated heterocycles. The van der Waals surface area contributed by atoms with Crippen LogP contribution in [0.3, 0.4) is 0 Å². The number of aromatic carboxylic acids is 1. The van der Waals surface area contributed by atoms with E-state index in [1.54, 1.807) is 30.6 Å². The Morgan fingerprint density at radius 2 is 1.79 bits per heavy atom. The van der Waals surface area contributed by atoms with Crippen LogP contribution in [0.2, 0.25) is 0 Å². The van der Waals surface area contributed by atoms with Gasteiger partial charge >= 0.3 is 5.97 Å². The largest absolute Gasteiger partial charge is 0.478 e. The zero-order valence-electron chi connectivity index (χ0n) is 18.1. The molecule has 0 atom stereocenters. The van der Waals surface area contributed by atoms with Gasteiger partial charge < -0.3 is 5.11 Å². The fourth-order valence-electron chi connectivity index (χ4n) is 3.12. The molecule has 0 saturated carbocycles. The van der Waals surface area contributed by atoms with E-state index in [1.807, 2.05) is 47.9 Å². The lowest BCUT2D eigenvalue weighted by molar-refractivity contribution is -0.118. The molecule has 2 N–H and O–H groups in total. The summed E-state index contributed by atoms with van der Waals surface area (Å²) < 4.78 is 1.89. The average molecular weight is 473 g/mol. The molecular weight excluding hydrogens is 452 g/mol. The Bertz CT molecular complexity index is 1340. The van der Waals surface area contributed by atoms with Crippen LogP contribution >= 0.6 is 11.8 Å². The van der Waals surface area contributed by atoms with Crippen LogP contribution < -0.4 is 5.43 Å². The van der Waals surface area contributed by atoms with E-state index in [-0.39, 0.29) is 17.2 Å². The highest BCUT2D eigenvalue weighted by molar-refractivity contribution is 7.99. The molecule has 34 heavy (non-hydrogen) atoms. The van der Waals surface area contributed by atoms with Crippen LogP contribution in [0, 0.1) is 6.92 Å². The Morgan fingerprint density at radius 1 is 1.06 bits per heavy atom. The maximum atomic E-state index is 12.4. The average Bonchev–Trinajstić information content (AvgIpc) is 3.28. The Morgan fingerprint density at radius 3 is 2.53 bits per heavy atom.